The van der Waals surface area contributed by atoms with Crippen LogP contribution in [-0.4, -0.2) is 33.4 Å². The second-order valence-electron chi connectivity index (χ2n) is 6.02. The van der Waals surface area contributed by atoms with E-state index in [9.17, 15) is 8.42 Å². The zero-order chi connectivity index (χ0) is 18.4. The molecule has 0 fully saturated rings. The van der Waals surface area contributed by atoms with E-state index in [1.54, 1.807) is 19.1 Å². The number of nitrogens with two attached hydrogens (primary N) is 1. The molecule has 0 spiro atoms. The number of aliphatic imine (C=N–C) groups is 1. The maximum atomic E-state index is 11.5. The van der Waals surface area contributed by atoms with Crippen molar-refractivity contribution in [3.8, 4) is 0 Å². The van der Waals surface area contributed by atoms with Crippen LogP contribution in [-0.2, 0) is 23.1 Å². The zero-order valence-corrected chi connectivity index (χ0v) is 15.5. The number of hydrogen-bond acceptors (Lipinski definition) is 3. The molecule has 0 atom stereocenters. The van der Waals surface area contributed by atoms with Gasteiger partial charge in [-0.2, -0.15) is 0 Å². The van der Waals surface area contributed by atoms with Crippen molar-refractivity contribution >= 4 is 16.0 Å². The van der Waals surface area contributed by atoms with Crippen molar-refractivity contribution < 1.29 is 8.42 Å². The molecule has 0 saturated heterocycles. The Morgan fingerprint density at radius 3 is 2.36 bits per heavy atom. The Balaban J connectivity index is 2.09. The van der Waals surface area contributed by atoms with Crippen LogP contribution in [0.15, 0.2) is 58.4 Å². The molecule has 0 unspecified atom stereocenters. The lowest BCUT2D eigenvalue weighted by Crippen LogP contribution is -2.36. The van der Waals surface area contributed by atoms with E-state index in [1.807, 2.05) is 37.2 Å². The molecule has 0 aliphatic rings. The summed E-state index contributed by atoms with van der Waals surface area (Å²) in [5, 5.41) is 8.51. The number of primary sulfonamides is 1. The second kappa shape index (κ2) is 8.13. The Morgan fingerprint density at radius 1 is 1.12 bits per heavy atom. The molecular weight excluding hydrogens is 336 g/mol. The van der Waals surface area contributed by atoms with Crippen LogP contribution in [0.25, 0.3) is 0 Å². The van der Waals surface area contributed by atoms with Gasteiger partial charge in [-0.3, -0.25) is 0 Å². The van der Waals surface area contributed by atoms with Gasteiger partial charge in [0.05, 0.1) is 11.4 Å². The molecule has 7 heteroatoms. The van der Waals surface area contributed by atoms with Gasteiger partial charge in [0.1, 0.15) is 0 Å². The maximum absolute atomic E-state index is 11.5. The largest absolute Gasteiger partial charge is 0.352 e. The van der Waals surface area contributed by atoms with Gasteiger partial charge in [0.25, 0.3) is 0 Å². The predicted octanol–water partition coefficient (Wildman–Crippen LogP) is 1.85. The highest BCUT2D eigenvalue weighted by molar-refractivity contribution is 7.89. The van der Waals surface area contributed by atoms with Crippen molar-refractivity contribution in [1.82, 2.24) is 10.2 Å². The monoisotopic (exact) mass is 360 g/mol. The van der Waals surface area contributed by atoms with Crippen LogP contribution in [0.2, 0.25) is 0 Å². The fraction of sp³-hybridized carbons (Fsp3) is 0.278. The molecule has 2 rings (SSSR count). The van der Waals surface area contributed by atoms with Crippen molar-refractivity contribution in [2.45, 2.75) is 24.9 Å². The summed E-state index contributed by atoms with van der Waals surface area (Å²) >= 11 is 0. The Kier molecular flexibility index (Phi) is 6.17. The summed E-state index contributed by atoms with van der Waals surface area (Å²) in [6, 6.07) is 15.2. The number of nitrogens with zero attached hydrogens (tertiary/aromatic N) is 2. The van der Waals surface area contributed by atoms with Gasteiger partial charge in [-0.15, -0.1) is 0 Å². The molecule has 2 aromatic rings. The normalized spacial score (nSPS) is 12.1. The fourth-order valence-electron chi connectivity index (χ4n) is 2.43. The summed E-state index contributed by atoms with van der Waals surface area (Å²) in [7, 11) is 0.155. The van der Waals surface area contributed by atoms with Gasteiger partial charge in [0, 0.05) is 20.6 Å². The number of benzene rings is 2. The van der Waals surface area contributed by atoms with Crippen molar-refractivity contribution in [3.05, 3.63) is 65.2 Å². The molecule has 0 heterocycles. The van der Waals surface area contributed by atoms with Gasteiger partial charge >= 0.3 is 0 Å². The third-order valence-corrected chi connectivity index (χ3v) is 4.75. The van der Waals surface area contributed by atoms with E-state index in [1.165, 1.54) is 11.6 Å². The SMILES string of the molecule is Cc1cc(CN=C(NCc2ccccc2)N(C)C)ccc1S(N)(=O)=O. The average Bonchev–Trinajstić information content (AvgIpc) is 2.54. The Labute approximate surface area is 149 Å². The van der Waals surface area contributed by atoms with Crippen LogP contribution in [0.1, 0.15) is 16.7 Å². The Hall–Kier alpha value is -2.38. The van der Waals surface area contributed by atoms with Crippen LogP contribution < -0.4 is 10.5 Å². The smallest absolute Gasteiger partial charge is 0.238 e. The highest BCUT2D eigenvalue weighted by atomic mass is 32.2. The minimum absolute atomic E-state index is 0.148. The van der Waals surface area contributed by atoms with E-state index < -0.39 is 10.0 Å². The molecule has 134 valence electrons. The van der Waals surface area contributed by atoms with E-state index in [4.69, 9.17) is 5.14 Å². The fourth-order valence-corrected chi connectivity index (χ4v) is 3.19. The molecule has 25 heavy (non-hydrogen) atoms. The summed E-state index contributed by atoms with van der Waals surface area (Å²) in [6.07, 6.45) is 0. The molecule has 0 saturated carbocycles. The summed E-state index contributed by atoms with van der Waals surface area (Å²) in [4.78, 5) is 6.65. The lowest BCUT2D eigenvalue weighted by Gasteiger charge is -2.18. The van der Waals surface area contributed by atoms with Crippen molar-refractivity contribution in [2.75, 3.05) is 14.1 Å². The topological polar surface area (TPSA) is 87.8 Å². The van der Waals surface area contributed by atoms with E-state index in [2.05, 4.69) is 22.4 Å². The van der Waals surface area contributed by atoms with Crippen molar-refractivity contribution in [2.24, 2.45) is 10.1 Å². The number of nitrogens with one attached hydrogen (secondary N) is 1. The molecular formula is C18H24N4O2S. The Morgan fingerprint density at radius 2 is 1.80 bits per heavy atom. The molecule has 0 bridgehead atoms. The minimum Gasteiger partial charge on any atom is -0.352 e. The van der Waals surface area contributed by atoms with Gasteiger partial charge in [-0.05, 0) is 29.7 Å². The first-order valence-corrected chi connectivity index (χ1v) is 9.44. The number of rotatable bonds is 5. The summed E-state index contributed by atoms with van der Waals surface area (Å²) in [5.41, 5.74) is 2.72. The van der Waals surface area contributed by atoms with E-state index in [-0.39, 0.29) is 4.90 Å². The van der Waals surface area contributed by atoms with Crippen LogP contribution in [0, 0.1) is 6.92 Å². The summed E-state index contributed by atoms with van der Waals surface area (Å²) in [5.74, 6) is 0.761. The third-order valence-electron chi connectivity index (χ3n) is 3.67. The molecule has 0 aliphatic heterocycles. The highest BCUT2D eigenvalue weighted by Gasteiger charge is 2.11. The van der Waals surface area contributed by atoms with Crippen LogP contribution >= 0.6 is 0 Å². The lowest BCUT2D eigenvalue weighted by molar-refractivity contribution is 0.578. The molecule has 0 radical (unpaired) electrons. The molecule has 2 aromatic carbocycles. The zero-order valence-electron chi connectivity index (χ0n) is 14.7. The van der Waals surface area contributed by atoms with Gasteiger partial charge in [0.2, 0.25) is 10.0 Å². The first-order valence-electron chi connectivity index (χ1n) is 7.89. The van der Waals surface area contributed by atoms with Gasteiger partial charge in [-0.1, -0.05) is 42.5 Å². The summed E-state index contributed by atoms with van der Waals surface area (Å²) < 4.78 is 22.9. The number of aryl methyl sites for hydroxylation is 1. The van der Waals surface area contributed by atoms with Gasteiger partial charge in [0.15, 0.2) is 5.96 Å². The minimum atomic E-state index is -3.69. The molecule has 0 aliphatic carbocycles. The third kappa shape index (κ3) is 5.58. The predicted molar refractivity (Wildman–Crippen MR) is 101 cm³/mol. The number of hydrogen-bond donors (Lipinski definition) is 2. The molecule has 0 aromatic heterocycles. The second-order valence-corrected chi connectivity index (χ2v) is 7.55. The standard InChI is InChI=1S/C18H24N4O2S/c1-14-11-16(9-10-17(14)25(19,23)24)13-21-18(22(2)3)20-12-15-7-5-4-6-8-15/h4-11H,12-13H2,1-3H3,(H,20,21)(H2,19,23,24). The Bertz CT molecular complexity index is 847. The van der Waals surface area contributed by atoms with E-state index in [0.717, 1.165) is 11.5 Å². The maximum Gasteiger partial charge on any atom is 0.238 e. The quantitative estimate of drug-likeness (QED) is 0.629. The number of guanidine groups is 1. The lowest BCUT2D eigenvalue weighted by atomic mass is 10.1. The van der Waals surface area contributed by atoms with E-state index >= 15 is 0 Å². The van der Waals surface area contributed by atoms with Crippen LogP contribution in [0.3, 0.4) is 0 Å². The first-order chi connectivity index (χ1) is 11.8. The average molecular weight is 360 g/mol. The van der Waals surface area contributed by atoms with E-state index in [0.29, 0.717) is 18.7 Å². The number of sulfonamides is 1. The molecule has 6 nitrogen and oxygen atoms in total. The van der Waals surface area contributed by atoms with Gasteiger partial charge in [-0.25, -0.2) is 18.5 Å². The van der Waals surface area contributed by atoms with Crippen LogP contribution in [0.4, 0.5) is 0 Å². The van der Waals surface area contributed by atoms with Crippen molar-refractivity contribution in [1.29, 1.82) is 0 Å². The van der Waals surface area contributed by atoms with Crippen LogP contribution in [0.5, 0.6) is 0 Å². The van der Waals surface area contributed by atoms with Gasteiger partial charge < -0.3 is 10.2 Å². The highest BCUT2D eigenvalue weighted by Crippen LogP contribution is 2.16. The summed E-state index contributed by atoms with van der Waals surface area (Å²) in [6.45, 7) is 2.86. The van der Waals surface area contributed by atoms with Crippen molar-refractivity contribution in [3.63, 3.8) is 0 Å². The first kappa shape index (κ1) is 19.0. The molecule has 3 N–H and O–H groups in total. The molecule has 0 amide bonds.